The molecule has 1 saturated carbocycles. The number of rotatable bonds is 0. The van der Waals surface area contributed by atoms with Crippen LogP contribution in [0.3, 0.4) is 0 Å². The summed E-state index contributed by atoms with van der Waals surface area (Å²) in [6.07, 6.45) is 2.61. The number of hydrogen-bond donors (Lipinski definition) is 0. The Morgan fingerprint density at radius 2 is 2.08 bits per heavy atom. The van der Waals surface area contributed by atoms with Gasteiger partial charge in [0.15, 0.2) is 0 Å². The van der Waals surface area contributed by atoms with Gasteiger partial charge in [-0.25, -0.2) is 0 Å². The summed E-state index contributed by atoms with van der Waals surface area (Å²) in [5.74, 6) is 0.0729. The third-order valence-corrected chi connectivity index (χ3v) is 3.51. The Balaban J connectivity index is 2.29. The van der Waals surface area contributed by atoms with Gasteiger partial charge in [0, 0.05) is 0 Å². The molecule has 0 radical (unpaired) electrons. The molecule has 0 N–H and O–H groups in total. The summed E-state index contributed by atoms with van der Waals surface area (Å²) in [7, 11) is 0. The molecule has 0 spiro atoms. The second kappa shape index (κ2) is 2.03. The van der Waals surface area contributed by atoms with E-state index in [4.69, 9.17) is 10.00 Å². The molecular weight excluding hydrogens is 150 g/mol. The molecule has 2 fully saturated rings. The molecule has 2 nitrogen and oxygen atoms in total. The Morgan fingerprint density at radius 1 is 1.42 bits per heavy atom. The molecule has 66 valence electrons. The first-order chi connectivity index (χ1) is 5.50. The highest BCUT2D eigenvalue weighted by molar-refractivity contribution is 5.18. The Hall–Kier alpha value is -0.550. The van der Waals surface area contributed by atoms with Crippen molar-refractivity contribution in [2.45, 2.75) is 45.3 Å². The van der Waals surface area contributed by atoms with E-state index in [1.54, 1.807) is 0 Å². The summed E-state index contributed by atoms with van der Waals surface area (Å²) in [4.78, 5) is 0. The quantitative estimate of drug-likeness (QED) is 0.515. The van der Waals surface area contributed by atoms with Crippen molar-refractivity contribution in [1.29, 1.82) is 5.26 Å². The second-order valence-corrected chi connectivity index (χ2v) is 4.88. The number of epoxide rings is 1. The van der Waals surface area contributed by atoms with Crippen molar-refractivity contribution < 1.29 is 4.74 Å². The van der Waals surface area contributed by atoms with Gasteiger partial charge >= 0.3 is 0 Å². The SMILES string of the molecule is CC1(C)CC[C@@H]2O[C@@]2(C)[C@@H]1C#N. The molecule has 1 saturated heterocycles. The van der Waals surface area contributed by atoms with E-state index in [0.29, 0.717) is 6.10 Å². The molecule has 0 amide bonds. The normalized spacial score (nSPS) is 49.2. The van der Waals surface area contributed by atoms with Crippen molar-refractivity contribution in [3.8, 4) is 6.07 Å². The van der Waals surface area contributed by atoms with Gasteiger partial charge in [0.1, 0.15) is 5.60 Å². The van der Waals surface area contributed by atoms with Gasteiger partial charge < -0.3 is 4.74 Å². The standard InChI is InChI=1S/C10H15NO/c1-9(2)5-4-8-10(3,12-8)7(9)6-11/h7-8H,4-5H2,1-3H3/t7-,8+,10+/m1/s1. The lowest BCUT2D eigenvalue weighted by molar-refractivity contribution is 0.142. The molecule has 1 aliphatic heterocycles. The Kier molecular flexibility index (Phi) is 1.36. The Morgan fingerprint density at radius 3 is 2.58 bits per heavy atom. The van der Waals surface area contributed by atoms with Gasteiger partial charge in [-0.3, -0.25) is 0 Å². The van der Waals surface area contributed by atoms with E-state index in [1.165, 1.54) is 0 Å². The van der Waals surface area contributed by atoms with E-state index < -0.39 is 0 Å². The lowest BCUT2D eigenvalue weighted by Gasteiger charge is -2.35. The lowest BCUT2D eigenvalue weighted by Crippen LogP contribution is -2.39. The summed E-state index contributed by atoms with van der Waals surface area (Å²) < 4.78 is 5.58. The molecule has 0 bridgehead atoms. The largest absolute Gasteiger partial charge is 0.365 e. The van der Waals surface area contributed by atoms with Gasteiger partial charge in [0.05, 0.1) is 18.1 Å². The Labute approximate surface area is 73.5 Å². The number of fused-ring (bicyclic) bond motifs is 1. The summed E-state index contributed by atoms with van der Waals surface area (Å²) in [6.45, 7) is 6.42. The van der Waals surface area contributed by atoms with Gasteiger partial charge in [-0.2, -0.15) is 5.26 Å². The first-order valence-electron chi connectivity index (χ1n) is 4.58. The number of ether oxygens (including phenoxy) is 1. The molecular formula is C10H15NO. The highest BCUT2D eigenvalue weighted by Gasteiger charge is 2.64. The maximum atomic E-state index is 9.06. The van der Waals surface area contributed by atoms with E-state index in [2.05, 4.69) is 26.8 Å². The van der Waals surface area contributed by atoms with Crippen LogP contribution in [0.15, 0.2) is 0 Å². The van der Waals surface area contributed by atoms with Gasteiger partial charge in [-0.05, 0) is 25.2 Å². The highest BCUT2D eigenvalue weighted by atomic mass is 16.6. The van der Waals surface area contributed by atoms with Gasteiger partial charge in [0.2, 0.25) is 0 Å². The highest BCUT2D eigenvalue weighted by Crippen LogP contribution is 2.57. The van der Waals surface area contributed by atoms with Crippen LogP contribution in [0.2, 0.25) is 0 Å². The molecule has 2 rings (SSSR count). The molecule has 3 atom stereocenters. The van der Waals surface area contributed by atoms with Crippen LogP contribution in [-0.2, 0) is 4.74 Å². The first kappa shape index (κ1) is 8.07. The minimum Gasteiger partial charge on any atom is -0.365 e. The third kappa shape index (κ3) is 0.834. The second-order valence-electron chi connectivity index (χ2n) is 4.88. The molecule has 0 aromatic rings. The molecule has 0 aromatic heterocycles. The average Bonchev–Trinajstić information content (AvgIpc) is 2.59. The fourth-order valence-corrected chi connectivity index (χ4v) is 2.60. The third-order valence-electron chi connectivity index (χ3n) is 3.51. The molecule has 2 heteroatoms. The number of nitrogens with zero attached hydrogens (tertiary/aromatic N) is 1. The van der Waals surface area contributed by atoms with Crippen molar-refractivity contribution in [2.24, 2.45) is 11.3 Å². The maximum absolute atomic E-state index is 9.06. The predicted molar refractivity (Wildman–Crippen MR) is 45.4 cm³/mol. The molecule has 2 aliphatic rings. The van der Waals surface area contributed by atoms with E-state index in [1.807, 2.05) is 0 Å². The van der Waals surface area contributed by atoms with Crippen LogP contribution in [-0.4, -0.2) is 11.7 Å². The fourth-order valence-electron chi connectivity index (χ4n) is 2.60. The minimum atomic E-state index is -0.115. The zero-order chi connectivity index (χ0) is 8.98. The molecule has 0 unspecified atom stereocenters. The van der Waals surface area contributed by atoms with Crippen LogP contribution in [0.5, 0.6) is 0 Å². The first-order valence-corrected chi connectivity index (χ1v) is 4.58. The maximum Gasteiger partial charge on any atom is 0.108 e. The fraction of sp³-hybridized carbons (Fsp3) is 0.900. The minimum absolute atomic E-state index is 0.0729. The molecule has 1 heterocycles. The monoisotopic (exact) mass is 165 g/mol. The van der Waals surface area contributed by atoms with Crippen LogP contribution in [0, 0.1) is 22.7 Å². The van der Waals surface area contributed by atoms with Crippen molar-refractivity contribution in [1.82, 2.24) is 0 Å². The van der Waals surface area contributed by atoms with E-state index in [0.717, 1.165) is 12.8 Å². The summed E-state index contributed by atoms with van der Waals surface area (Å²) in [5.41, 5.74) is 0.0208. The molecule has 12 heavy (non-hydrogen) atoms. The van der Waals surface area contributed by atoms with Crippen molar-refractivity contribution >= 4 is 0 Å². The van der Waals surface area contributed by atoms with Crippen LogP contribution >= 0.6 is 0 Å². The van der Waals surface area contributed by atoms with Crippen molar-refractivity contribution in [3.05, 3.63) is 0 Å². The van der Waals surface area contributed by atoms with E-state index in [9.17, 15) is 0 Å². The topological polar surface area (TPSA) is 36.3 Å². The number of nitriles is 1. The van der Waals surface area contributed by atoms with E-state index >= 15 is 0 Å². The zero-order valence-corrected chi connectivity index (χ0v) is 7.92. The lowest BCUT2D eigenvalue weighted by atomic mass is 9.65. The summed E-state index contributed by atoms with van der Waals surface area (Å²) in [5, 5.41) is 9.06. The average molecular weight is 165 g/mol. The van der Waals surface area contributed by atoms with Crippen molar-refractivity contribution in [3.63, 3.8) is 0 Å². The Bertz CT molecular complexity index is 248. The molecule has 0 aromatic carbocycles. The van der Waals surface area contributed by atoms with Gasteiger partial charge in [-0.15, -0.1) is 0 Å². The summed E-state index contributed by atoms with van der Waals surface area (Å²) >= 11 is 0. The van der Waals surface area contributed by atoms with Crippen LogP contribution in [0.25, 0.3) is 0 Å². The van der Waals surface area contributed by atoms with E-state index in [-0.39, 0.29) is 16.9 Å². The van der Waals surface area contributed by atoms with Crippen molar-refractivity contribution in [2.75, 3.05) is 0 Å². The zero-order valence-electron chi connectivity index (χ0n) is 7.92. The van der Waals surface area contributed by atoms with Crippen LogP contribution in [0.1, 0.15) is 33.6 Å². The van der Waals surface area contributed by atoms with Crippen LogP contribution in [0.4, 0.5) is 0 Å². The van der Waals surface area contributed by atoms with Gasteiger partial charge in [0.25, 0.3) is 0 Å². The van der Waals surface area contributed by atoms with Crippen LogP contribution < -0.4 is 0 Å². The smallest absolute Gasteiger partial charge is 0.108 e. The molecule has 1 aliphatic carbocycles. The predicted octanol–water partition coefficient (Wildman–Crippen LogP) is 2.10. The summed E-state index contributed by atoms with van der Waals surface area (Å²) in [6, 6.07) is 2.40. The van der Waals surface area contributed by atoms with Gasteiger partial charge in [-0.1, -0.05) is 13.8 Å². The number of hydrogen-bond acceptors (Lipinski definition) is 2.